The molecule has 0 bridgehead atoms. The number of aryl methyl sites for hydroxylation is 2. The first-order valence-corrected chi connectivity index (χ1v) is 13.4. The van der Waals surface area contributed by atoms with Crippen molar-refractivity contribution in [3.05, 3.63) is 68.8 Å². The quantitative estimate of drug-likeness (QED) is 0.334. The van der Waals surface area contributed by atoms with Gasteiger partial charge in [0.25, 0.3) is 0 Å². The Bertz CT molecular complexity index is 826. The van der Waals surface area contributed by atoms with Gasteiger partial charge in [0.2, 0.25) is 0 Å². The molecule has 2 aromatic carbocycles. The minimum atomic E-state index is -0.104. The predicted octanol–water partition coefficient (Wildman–Crippen LogP) is 7.26. The first kappa shape index (κ1) is 29.1. The van der Waals surface area contributed by atoms with Crippen LogP contribution in [0.25, 0.3) is 0 Å². The van der Waals surface area contributed by atoms with E-state index >= 15 is 0 Å². The summed E-state index contributed by atoms with van der Waals surface area (Å²) in [4.78, 5) is 0. The van der Waals surface area contributed by atoms with E-state index in [4.69, 9.17) is 11.5 Å². The van der Waals surface area contributed by atoms with Crippen molar-refractivity contribution in [3.63, 3.8) is 0 Å². The summed E-state index contributed by atoms with van der Waals surface area (Å²) in [6.45, 7) is 23.8. The fourth-order valence-corrected chi connectivity index (χ4v) is 5.58. The normalized spacial score (nSPS) is 14.2. The van der Waals surface area contributed by atoms with Gasteiger partial charge in [0.05, 0.1) is 0 Å². The zero-order valence-corrected chi connectivity index (χ0v) is 24.2. The van der Waals surface area contributed by atoms with Gasteiger partial charge in [-0.05, 0) is 0 Å². The van der Waals surface area contributed by atoms with E-state index in [0.717, 1.165) is 0 Å². The molecule has 2 aromatic rings. The Morgan fingerprint density at radius 2 is 0.824 bits per heavy atom. The van der Waals surface area contributed by atoms with Gasteiger partial charge in [-0.25, -0.2) is 0 Å². The van der Waals surface area contributed by atoms with Crippen LogP contribution >= 0.6 is 0 Å². The van der Waals surface area contributed by atoms with Gasteiger partial charge < -0.3 is 0 Å². The monoisotopic (exact) mass is 506 g/mol. The van der Waals surface area contributed by atoms with Gasteiger partial charge in [-0.3, -0.25) is 0 Å². The number of nitrogens with zero attached hydrogens (tertiary/aromatic N) is 1. The molecular formula is C30H48FeN3. The van der Waals surface area contributed by atoms with Gasteiger partial charge in [0, 0.05) is 0 Å². The van der Waals surface area contributed by atoms with Crippen molar-refractivity contribution in [2.24, 2.45) is 11.5 Å². The maximum absolute atomic E-state index is 6.89. The van der Waals surface area contributed by atoms with E-state index in [1.807, 2.05) is 0 Å². The van der Waals surface area contributed by atoms with Crippen LogP contribution in [0.2, 0.25) is 0 Å². The Kier molecular flexibility index (Phi) is 10.4. The number of hydrogen-bond acceptors (Lipinski definition) is 3. The predicted molar refractivity (Wildman–Crippen MR) is 144 cm³/mol. The molecule has 3 nitrogen and oxygen atoms in total. The van der Waals surface area contributed by atoms with Crippen LogP contribution in [-0.2, 0) is 16.2 Å². The van der Waals surface area contributed by atoms with E-state index in [2.05, 4.69) is 114 Å². The molecule has 0 aliphatic carbocycles. The molecule has 2 rings (SSSR count). The SMILES string of the molecule is Cc1cc(C(C)C)c(C(N)C[N]([Fe])CC(N)c2c(C(C)C)cc(C)cc2C(C)C)c(C(C)C)c1. The molecule has 2 atom stereocenters. The van der Waals surface area contributed by atoms with Crippen LogP contribution in [0.5, 0.6) is 0 Å². The summed E-state index contributed by atoms with van der Waals surface area (Å²) >= 11 is 4.38. The van der Waals surface area contributed by atoms with Crippen molar-refractivity contribution < 1.29 is 16.2 Å². The first-order chi connectivity index (χ1) is 15.7. The van der Waals surface area contributed by atoms with E-state index < -0.39 is 0 Å². The van der Waals surface area contributed by atoms with Crippen molar-refractivity contribution in [3.8, 4) is 0 Å². The third kappa shape index (κ3) is 6.95. The van der Waals surface area contributed by atoms with Crippen molar-refractivity contribution in [1.82, 2.24) is 3.92 Å². The second kappa shape index (κ2) is 12.2. The molecule has 34 heavy (non-hydrogen) atoms. The van der Waals surface area contributed by atoms with Gasteiger partial charge in [0.15, 0.2) is 0 Å². The standard InChI is InChI=1S/C30H48N3.Fe/c1-17(2)23-11-21(9)12-24(18(3)4)29(23)27(31)15-33-16-28(32)30-25(19(5)6)13-22(10)14-26(30)20(7)8;/h11-14,17-20,27-28H,15-16,31-32H2,1-10H3;/q-1;+1. The Labute approximate surface area is 218 Å². The molecule has 0 aliphatic rings. The van der Waals surface area contributed by atoms with E-state index in [1.165, 1.54) is 44.5 Å². The van der Waals surface area contributed by atoms with E-state index in [0.29, 0.717) is 36.8 Å². The van der Waals surface area contributed by atoms with Gasteiger partial charge in [-0.15, -0.1) is 0 Å². The van der Waals surface area contributed by atoms with E-state index in [9.17, 15) is 0 Å². The Morgan fingerprint density at radius 3 is 1.03 bits per heavy atom. The molecule has 2 unspecified atom stereocenters. The average molecular weight is 507 g/mol. The topological polar surface area (TPSA) is 55.3 Å². The van der Waals surface area contributed by atoms with Gasteiger partial charge >= 0.3 is 218 Å². The molecule has 0 fully saturated rings. The van der Waals surface area contributed by atoms with Gasteiger partial charge in [-0.2, -0.15) is 0 Å². The van der Waals surface area contributed by atoms with Crippen LogP contribution in [0, 0.1) is 13.8 Å². The molecule has 0 aromatic heterocycles. The van der Waals surface area contributed by atoms with Crippen LogP contribution in [0.4, 0.5) is 0 Å². The maximum atomic E-state index is 6.89. The van der Waals surface area contributed by atoms with E-state index in [-0.39, 0.29) is 12.1 Å². The molecule has 0 radical (unpaired) electrons. The third-order valence-electron chi connectivity index (χ3n) is 6.79. The van der Waals surface area contributed by atoms with Crippen LogP contribution in [-0.4, -0.2) is 17.0 Å². The Morgan fingerprint density at radius 1 is 0.588 bits per heavy atom. The molecule has 0 saturated carbocycles. The summed E-state index contributed by atoms with van der Waals surface area (Å²) in [5.41, 5.74) is 24.4. The fraction of sp³-hybridized carbons (Fsp3) is 0.600. The Balaban J connectivity index is 2.35. The number of rotatable bonds is 10. The molecule has 4 heteroatoms. The van der Waals surface area contributed by atoms with Crippen molar-refractivity contribution >= 4 is 0 Å². The molecule has 0 heterocycles. The minimum absolute atomic E-state index is 0.104. The molecule has 0 spiro atoms. The molecule has 0 aliphatic heterocycles. The molecular weight excluding hydrogens is 458 g/mol. The van der Waals surface area contributed by atoms with Gasteiger partial charge in [0.1, 0.15) is 0 Å². The summed E-state index contributed by atoms with van der Waals surface area (Å²) in [6, 6.07) is 9.02. The summed E-state index contributed by atoms with van der Waals surface area (Å²) in [5.74, 6) is 1.70. The number of nitrogens with two attached hydrogens (primary N) is 2. The summed E-state index contributed by atoms with van der Waals surface area (Å²) in [5, 5.41) is 0. The van der Waals surface area contributed by atoms with Crippen molar-refractivity contribution in [2.75, 3.05) is 13.1 Å². The summed E-state index contributed by atoms with van der Waals surface area (Å²) < 4.78 is 2.08. The van der Waals surface area contributed by atoms with Crippen molar-refractivity contribution in [2.45, 2.75) is 105 Å². The molecule has 4 N–H and O–H groups in total. The number of hydrogen-bond donors (Lipinski definition) is 2. The second-order valence-corrected chi connectivity index (χ2v) is 12.1. The molecule has 0 saturated heterocycles. The average Bonchev–Trinajstić information content (AvgIpc) is 2.71. The summed E-state index contributed by atoms with van der Waals surface area (Å²) in [6.07, 6.45) is 0. The van der Waals surface area contributed by atoms with Gasteiger partial charge in [-0.1, -0.05) is 0 Å². The van der Waals surface area contributed by atoms with Crippen LogP contribution in [0.15, 0.2) is 24.3 Å². The molecule has 191 valence electrons. The zero-order chi connectivity index (χ0) is 25.9. The second-order valence-electron chi connectivity index (χ2n) is 11.4. The Hall–Kier alpha value is -1.16. The molecule has 0 amide bonds. The van der Waals surface area contributed by atoms with E-state index in [1.54, 1.807) is 0 Å². The van der Waals surface area contributed by atoms with Crippen molar-refractivity contribution in [1.29, 1.82) is 0 Å². The first-order valence-electron chi connectivity index (χ1n) is 12.9. The number of benzene rings is 2. The summed E-state index contributed by atoms with van der Waals surface area (Å²) in [7, 11) is 0. The fourth-order valence-electron chi connectivity index (χ4n) is 5.15. The van der Waals surface area contributed by atoms with Crippen LogP contribution in [0.3, 0.4) is 0 Å². The third-order valence-corrected chi connectivity index (χ3v) is 7.19. The van der Waals surface area contributed by atoms with Crippen LogP contribution < -0.4 is 11.5 Å². The van der Waals surface area contributed by atoms with Crippen LogP contribution in [0.1, 0.15) is 136 Å². The zero-order valence-electron chi connectivity index (χ0n) is 23.1.